The molecule has 0 aromatic carbocycles. The Balaban J connectivity index is 0.00000208. The van der Waals surface area contributed by atoms with E-state index in [2.05, 4.69) is 24.1 Å². The minimum absolute atomic E-state index is 0. The van der Waals surface area contributed by atoms with Crippen molar-refractivity contribution in [2.24, 2.45) is 16.8 Å². The van der Waals surface area contributed by atoms with Gasteiger partial charge in [0, 0.05) is 45.9 Å². The SMILES string of the molecule is CCNC(=NCC1CC1C)N1CCN(C(=O)C2CCCO2)CC1.I. The Kier molecular flexibility index (Phi) is 7.59. The van der Waals surface area contributed by atoms with E-state index in [1.165, 1.54) is 6.42 Å². The molecule has 2 saturated heterocycles. The predicted molar refractivity (Wildman–Crippen MR) is 106 cm³/mol. The van der Waals surface area contributed by atoms with Crippen LogP contribution < -0.4 is 5.32 Å². The van der Waals surface area contributed by atoms with Crippen LogP contribution in [0, 0.1) is 11.8 Å². The van der Waals surface area contributed by atoms with Crippen molar-refractivity contribution in [3.05, 3.63) is 0 Å². The minimum atomic E-state index is -0.195. The first kappa shape index (κ1) is 19.8. The van der Waals surface area contributed by atoms with E-state index in [0.717, 1.165) is 76.5 Å². The lowest BCUT2D eigenvalue weighted by Crippen LogP contribution is -2.55. The van der Waals surface area contributed by atoms with Gasteiger partial charge in [-0.1, -0.05) is 6.92 Å². The molecule has 138 valence electrons. The second-order valence-corrected chi connectivity index (χ2v) is 6.98. The summed E-state index contributed by atoms with van der Waals surface area (Å²) in [6, 6.07) is 0. The zero-order valence-corrected chi connectivity index (χ0v) is 17.2. The Morgan fingerprint density at radius 1 is 1.25 bits per heavy atom. The first-order valence-corrected chi connectivity index (χ1v) is 9.12. The van der Waals surface area contributed by atoms with Crippen molar-refractivity contribution < 1.29 is 9.53 Å². The summed E-state index contributed by atoms with van der Waals surface area (Å²) in [4.78, 5) is 21.4. The van der Waals surface area contributed by atoms with Crippen LogP contribution in [0.25, 0.3) is 0 Å². The molecule has 0 radical (unpaired) electrons. The smallest absolute Gasteiger partial charge is 0.251 e. The number of ether oxygens (including phenoxy) is 1. The van der Waals surface area contributed by atoms with E-state index in [1.54, 1.807) is 0 Å². The number of piperazine rings is 1. The number of rotatable bonds is 4. The fourth-order valence-electron chi connectivity index (χ4n) is 3.40. The summed E-state index contributed by atoms with van der Waals surface area (Å²) in [6.45, 7) is 10.2. The average Bonchev–Trinajstić information content (AvgIpc) is 3.04. The molecule has 24 heavy (non-hydrogen) atoms. The predicted octanol–water partition coefficient (Wildman–Crippen LogP) is 1.55. The van der Waals surface area contributed by atoms with Gasteiger partial charge in [-0.15, -0.1) is 24.0 Å². The number of aliphatic imine (C=N–C) groups is 1. The summed E-state index contributed by atoms with van der Waals surface area (Å²) < 4.78 is 5.52. The highest BCUT2D eigenvalue weighted by molar-refractivity contribution is 14.0. The molecule has 3 unspecified atom stereocenters. The monoisotopic (exact) mass is 450 g/mol. The third-order valence-corrected chi connectivity index (χ3v) is 5.18. The highest BCUT2D eigenvalue weighted by Crippen LogP contribution is 2.37. The van der Waals surface area contributed by atoms with Gasteiger partial charge >= 0.3 is 0 Å². The molecule has 2 aliphatic heterocycles. The second-order valence-electron chi connectivity index (χ2n) is 6.98. The van der Waals surface area contributed by atoms with Crippen molar-refractivity contribution in [1.29, 1.82) is 0 Å². The molecular weight excluding hydrogens is 419 g/mol. The fourth-order valence-corrected chi connectivity index (χ4v) is 3.40. The molecule has 0 aromatic rings. The highest BCUT2D eigenvalue weighted by Gasteiger charge is 2.33. The lowest BCUT2D eigenvalue weighted by molar-refractivity contribution is -0.142. The molecule has 1 amide bonds. The van der Waals surface area contributed by atoms with Gasteiger partial charge in [0.25, 0.3) is 5.91 Å². The number of halogens is 1. The van der Waals surface area contributed by atoms with Crippen LogP contribution >= 0.6 is 24.0 Å². The molecule has 3 atom stereocenters. The Labute approximate surface area is 162 Å². The number of nitrogens with zero attached hydrogens (tertiary/aromatic N) is 3. The highest BCUT2D eigenvalue weighted by atomic mass is 127. The van der Waals surface area contributed by atoms with Gasteiger partial charge in [-0.2, -0.15) is 0 Å². The quantitative estimate of drug-likeness (QED) is 0.401. The molecule has 7 heteroatoms. The molecule has 6 nitrogen and oxygen atoms in total. The summed E-state index contributed by atoms with van der Waals surface area (Å²) in [6.07, 6.45) is 3.00. The number of carbonyl (C=O) groups is 1. The summed E-state index contributed by atoms with van der Waals surface area (Å²) in [5.41, 5.74) is 0. The molecule has 0 bridgehead atoms. The average molecular weight is 450 g/mol. The summed E-state index contributed by atoms with van der Waals surface area (Å²) in [5.74, 6) is 2.79. The van der Waals surface area contributed by atoms with Gasteiger partial charge < -0.3 is 19.9 Å². The van der Waals surface area contributed by atoms with E-state index in [1.807, 2.05) is 4.90 Å². The van der Waals surface area contributed by atoms with E-state index in [9.17, 15) is 4.79 Å². The fraction of sp³-hybridized carbons (Fsp3) is 0.882. The van der Waals surface area contributed by atoms with E-state index < -0.39 is 0 Å². The van der Waals surface area contributed by atoms with Gasteiger partial charge in [0.05, 0.1) is 0 Å². The van der Waals surface area contributed by atoms with Crippen LogP contribution in [0.4, 0.5) is 0 Å². The molecule has 0 spiro atoms. The van der Waals surface area contributed by atoms with Gasteiger partial charge in [0.15, 0.2) is 5.96 Å². The molecular formula is C17H31IN4O2. The summed E-state index contributed by atoms with van der Waals surface area (Å²) >= 11 is 0. The minimum Gasteiger partial charge on any atom is -0.368 e. The number of hydrogen-bond acceptors (Lipinski definition) is 3. The van der Waals surface area contributed by atoms with Crippen LogP contribution in [-0.4, -0.2) is 73.6 Å². The normalized spacial score (nSPS) is 30.1. The molecule has 3 rings (SSSR count). The van der Waals surface area contributed by atoms with Crippen LogP contribution in [0.2, 0.25) is 0 Å². The maximum Gasteiger partial charge on any atom is 0.251 e. The van der Waals surface area contributed by atoms with E-state index in [0.29, 0.717) is 0 Å². The summed E-state index contributed by atoms with van der Waals surface area (Å²) in [5, 5.41) is 3.40. The molecule has 0 aromatic heterocycles. The van der Waals surface area contributed by atoms with Crippen molar-refractivity contribution in [3.8, 4) is 0 Å². The van der Waals surface area contributed by atoms with Crippen molar-refractivity contribution in [2.45, 2.75) is 39.2 Å². The van der Waals surface area contributed by atoms with Crippen LogP contribution in [0.5, 0.6) is 0 Å². The third-order valence-electron chi connectivity index (χ3n) is 5.18. The maximum atomic E-state index is 12.4. The second kappa shape index (κ2) is 9.22. The van der Waals surface area contributed by atoms with E-state index >= 15 is 0 Å². The zero-order chi connectivity index (χ0) is 16.2. The Bertz CT molecular complexity index is 446. The molecule has 2 heterocycles. The van der Waals surface area contributed by atoms with E-state index in [-0.39, 0.29) is 36.0 Å². The standard InChI is InChI=1S/C17H30N4O2.HI/c1-3-18-17(19-12-14-11-13(14)2)21-8-6-20(7-9-21)16(22)15-5-4-10-23-15;/h13-15H,3-12H2,1-2H3,(H,18,19);1H. The van der Waals surface area contributed by atoms with Crippen molar-refractivity contribution in [2.75, 3.05) is 45.9 Å². The van der Waals surface area contributed by atoms with Crippen molar-refractivity contribution >= 4 is 35.8 Å². The number of hydrogen-bond donors (Lipinski definition) is 1. The largest absolute Gasteiger partial charge is 0.368 e. The third kappa shape index (κ3) is 4.97. The Hall–Kier alpha value is -0.570. The van der Waals surface area contributed by atoms with Gasteiger partial charge in [-0.25, -0.2) is 0 Å². The summed E-state index contributed by atoms with van der Waals surface area (Å²) in [7, 11) is 0. The first-order valence-electron chi connectivity index (χ1n) is 9.12. The number of carbonyl (C=O) groups excluding carboxylic acids is 1. The Morgan fingerprint density at radius 2 is 1.92 bits per heavy atom. The molecule has 3 aliphatic rings. The van der Waals surface area contributed by atoms with Crippen LogP contribution in [0.15, 0.2) is 4.99 Å². The molecule has 1 saturated carbocycles. The Morgan fingerprint density at radius 3 is 2.46 bits per heavy atom. The van der Waals surface area contributed by atoms with Crippen molar-refractivity contribution in [1.82, 2.24) is 15.1 Å². The zero-order valence-electron chi connectivity index (χ0n) is 14.9. The molecule has 3 fully saturated rings. The van der Waals surface area contributed by atoms with Gasteiger partial charge in [0.2, 0.25) is 0 Å². The number of guanidine groups is 1. The van der Waals surface area contributed by atoms with Gasteiger partial charge in [-0.05, 0) is 38.0 Å². The van der Waals surface area contributed by atoms with Gasteiger partial charge in [0.1, 0.15) is 6.10 Å². The topological polar surface area (TPSA) is 57.2 Å². The lowest BCUT2D eigenvalue weighted by Gasteiger charge is -2.37. The number of amides is 1. The van der Waals surface area contributed by atoms with Crippen LogP contribution in [0.1, 0.15) is 33.1 Å². The van der Waals surface area contributed by atoms with Crippen LogP contribution in [-0.2, 0) is 9.53 Å². The molecule has 1 aliphatic carbocycles. The molecule has 1 N–H and O–H groups in total. The number of nitrogens with one attached hydrogen (secondary N) is 1. The first-order chi connectivity index (χ1) is 11.2. The van der Waals surface area contributed by atoms with Crippen LogP contribution in [0.3, 0.4) is 0 Å². The lowest BCUT2D eigenvalue weighted by atomic mass is 10.2. The van der Waals surface area contributed by atoms with Gasteiger partial charge in [-0.3, -0.25) is 9.79 Å². The van der Waals surface area contributed by atoms with E-state index in [4.69, 9.17) is 9.73 Å². The maximum absolute atomic E-state index is 12.4. The van der Waals surface area contributed by atoms with Crippen molar-refractivity contribution in [3.63, 3.8) is 0 Å².